The van der Waals surface area contributed by atoms with Gasteiger partial charge in [0.05, 0.1) is 4.90 Å². The van der Waals surface area contributed by atoms with E-state index in [1.54, 1.807) is 29.4 Å². The Balaban J connectivity index is 0.00000200. The molecule has 0 aliphatic carbocycles. The number of hydrogen-bond donors (Lipinski definition) is 1. The van der Waals surface area contributed by atoms with E-state index in [1.165, 1.54) is 0 Å². The minimum atomic E-state index is -3.44. The summed E-state index contributed by atoms with van der Waals surface area (Å²) in [7, 11) is -3.44. The van der Waals surface area contributed by atoms with Crippen molar-refractivity contribution in [2.24, 2.45) is 0 Å². The van der Waals surface area contributed by atoms with Crippen LogP contribution in [0.1, 0.15) is 19.4 Å². The Morgan fingerprint density at radius 3 is 2.30 bits per heavy atom. The number of piperazine rings is 1. The maximum Gasteiger partial charge on any atom is 0.243 e. The van der Waals surface area contributed by atoms with Gasteiger partial charge in [0.25, 0.3) is 0 Å². The maximum atomic E-state index is 12.7. The number of sulfonamides is 1. The van der Waals surface area contributed by atoms with Crippen LogP contribution in [0.3, 0.4) is 0 Å². The Hall–Kier alpha value is -0.330. The molecule has 0 aromatic heterocycles. The van der Waals surface area contributed by atoms with Gasteiger partial charge in [-0.1, -0.05) is 11.6 Å². The van der Waals surface area contributed by atoms with Crippen LogP contribution in [0.2, 0.25) is 5.02 Å². The third kappa shape index (κ3) is 3.65. The van der Waals surface area contributed by atoms with Gasteiger partial charge in [0.2, 0.25) is 10.0 Å². The second-order valence-electron chi connectivity index (χ2n) is 5.20. The molecule has 1 saturated heterocycles. The highest BCUT2D eigenvalue weighted by molar-refractivity contribution is 7.89. The largest absolute Gasteiger partial charge is 0.309 e. The van der Waals surface area contributed by atoms with Crippen LogP contribution >= 0.6 is 24.0 Å². The topological polar surface area (TPSA) is 49.4 Å². The molecule has 20 heavy (non-hydrogen) atoms. The first-order valence-corrected chi connectivity index (χ1v) is 8.15. The van der Waals surface area contributed by atoms with Gasteiger partial charge in [-0.05, 0) is 44.5 Å². The predicted molar refractivity (Wildman–Crippen MR) is 84.3 cm³/mol. The molecule has 1 aromatic rings. The summed E-state index contributed by atoms with van der Waals surface area (Å²) in [6.07, 6.45) is 0. The molecular weight excluding hydrogens is 319 g/mol. The molecule has 0 radical (unpaired) electrons. The Morgan fingerprint density at radius 1 is 1.25 bits per heavy atom. The van der Waals surface area contributed by atoms with Crippen LogP contribution < -0.4 is 5.32 Å². The summed E-state index contributed by atoms with van der Waals surface area (Å²) in [4.78, 5) is 0.346. The normalized spacial score (nSPS) is 24.2. The van der Waals surface area contributed by atoms with Crippen LogP contribution in [-0.4, -0.2) is 37.9 Å². The fourth-order valence-corrected chi connectivity index (χ4v) is 4.56. The highest BCUT2D eigenvalue weighted by Crippen LogP contribution is 2.24. The first-order chi connectivity index (χ1) is 8.80. The van der Waals surface area contributed by atoms with E-state index in [1.807, 2.05) is 13.8 Å². The van der Waals surface area contributed by atoms with E-state index < -0.39 is 10.0 Å². The van der Waals surface area contributed by atoms with Crippen LogP contribution in [0, 0.1) is 6.92 Å². The number of benzene rings is 1. The Bertz CT molecular complexity index is 568. The highest BCUT2D eigenvalue weighted by Gasteiger charge is 2.32. The second-order valence-corrected chi connectivity index (χ2v) is 7.54. The molecule has 1 aromatic carbocycles. The van der Waals surface area contributed by atoms with Gasteiger partial charge in [-0.3, -0.25) is 0 Å². The zero-order valence-electron chi connectivity index (χ0n) is 11.8. The van der Waals surface area contributed by atoms with Crippen molar-refractivity contribution in [3.05, 3.63) is 28.8 Å². The molecule has 4 nitrogen and oxygen atoms in total. The van der Waals surface area contributed by atoms with Crippen molar-refractivity contribution in [2.45, 2.75) is 37.8 Å². The lowest BCUT2D eigenvalue weighted by molar-refractivity contribution is 0.263. The van der Waals surface area contributed by atoms with E-state index in [2.05, 4.69) is 5.32 Å². The fraction of sp³-hybridized carbons (Fsp3) is 0.538. The van der Waals surface area contributed by atoms with Crippen molar-refractivity contribution in [3.8, 4) is 0 Å². The number of halogens is 2. The second kappa shape index (κ2) is 6.62. The Kier molecular flexibility index (Phi) is 5.87. The van der Waals surface area contributed by atoms with E-state index >= 15 is 0 Å². The minimum absolute atomic E-state index is 0. The quantitative estimate of drug-likeness (QED) is 0.900. The van der Waals surface area contributed by atoms with Gasteiger partial charge in [0.15, 0.2) is 0 Å². The van der Waals surface area contributed by atoms with Crippen LogP contribution in [0.15, 0.2) is 23.1 Å². The predicted octanol–water partition coefficient (Wildman–Crippen LogP) is 2.44. The van der Waals surface area contributed by atoms with Crippen molar-refractivity contribution in [1.82, 2.24) is 9.62 Å². The molecular formula is C13H20Cl2N2O2S. The summed E-state index contributed by atoms with van der Waals surface area (Å²) in [5.41, 5.74) is 0.686. The lowest BCUT2D eigenvalue weighted by Gasteiger charge is -2.35. The summed E-state index contributed by atoms with van der Waals surface area (Å²) >= 11 is 5.88. The lowest BCUT2D eigenvalue weighted by Crippen LogP contribution is -2.55. The average Bonchev–Trinajstić information content (AvgIpc) is 2.26. The lowest BCUT2D eigenvalue weighted by atomic mass is 10.2. The third-order valence-corrected chi connectivity index (χ3v) is 5.51. The molecule has 2 rings (SSSR count). The zero-order valence-corrected chi connectivity index (χ0v) is 14.1. The molecule has 1 fully saturated rings. The maximum absolute atomic E-state index is 12.7. The molecule has 2 unspecified atom stereocenters. The van der Waals surface area contributed by atoms with Crippen molar-refractivity contribution in [1.29, 1.82) is 0 Å². The first kappa shape index (κ1) is 17.7. The van der Waals surface area contributed by atoms with Gasteiger partial charge in [-0.15, -0.1) is 12.4 Å². The van der Waals surface area contributed by atoms with E-state index in [0.29, 0.717) is 28.6 Å². The van der Waals surface area contributed by atoms with Gasteiger partial charge in [-0.2, -0.15) is 4.31 Å². The molecule has 114 valence electrons. The van der Waals surface area contributed by atoms with Crippen LogP contribution in [0.4, 0.5) is 0 Å². The number of nitrogens with one attached hydrogen (secondary N) is 1. The van der Waals surface area contributed by atoms with E-state index in [0.717, 1.165) is 0 Å². The number of hydrogen-bond acceptors (Lipinski definition) is 3. The Labute approximate surface area is 132 Å². The van der Waals surface area contributed by atoms with Crippen molar-refractivity contribution in [2.75, 3.05) is 13.1 Å². The SMILES string of the molecule is Cc1cc(Cl)ccc1S(=O)(=O)N1CC(C)NC(C)C1.Cl. The van der Waals surface area contributed by atoms with Crippen molar-refractivity contribution in [3.63, 3.8) is 0 Å². The molecule has 0 amide bonds. The van der Waals surface area contributed by atoms with Crippen LogP contribution in [0.5, 0.6) is 0 Å². The third-order valence-electron chi connectivity index (χ3n) is 3.28. The van der Waals surface area contributed by atoms with Gasteiger partial charge < -0.3 is 5.32 Å². The summed E-state index contributed by atoms with van der Waals surface area (Å²) in [6.45, 7) is 6.75. The molecule has 7 heteroatoms. The molecule has 1 aliphatic heterocycles. The number of aryl methyl sites for hydroxylation is 1. The van der Waals surface area contributed by atoms with Crippen molar-refractivity contribution < 1.29 is 8.42 Å². The summed E-state index contributed by atoms with van der Waals surface area (Å²) in [6, 6.07) is 5.21. The summed E-state index contributed by atoms with van der Waals surface area (Å²) < 4.78 is 26.9. The van der Waals surface area contributed by atoms with E-state index in [4.69, 9.17) is 11.6 Å². The summed E-state index contributed by atoms with van der Waals surface area (Å²) in [5.74, 6) is 0. The van der Waals surface area contributed by atoms with Gasteiger partial charge in [-0.25, -0.2) is 8.42 Å². The average molecular weight is 339 g/mol. The molecule has 0 spiro atoms. The molecule has 2 atom stereocenters. The molecule has 1 aliphatic rings. The van der Waals surface area contributed by atoms with Gasteiger partial charge in [0.1, 0.15) is 0 Å². The first-order valence-electron chi connectivity index (χ1n) is 6.33. The molecule has 0 bridgehead atoms. The molecule has 0 saturated carbocycles. The molecule has 1 N–H and O–H groups in total. The highest BCUT2D eigenvalue weighted by atomic mass is 35.5. The minimum Gasteiger partial charge on any atom is -0.309 e. The number of nitrogens with zero attached hydrogens (tertiary/aromatic N) is 1. The van der Waals surface area contributed by atoms with Crippen LogP contribution in [0.25, 0.3) is 0 Å². The van der Waals surface area contributed by atoms with E-state index in [9.17, 15) is 8.42 Å². The molecule has 1 heterocycles. The zero-order chi connectivity index (χ0) is 14.2. The van der Waals surface area contributed by atoms with Gasteiger partial charge >= 0.3 is 0 Å². The van der Waals surface area contributed by atoms with Gasteiger partial charge in [0, 0.05) is 30.2 Å². The van der Waals surface area contributed by atoms with Crippen LogP contribution in [-0.2, 0) is 10.0 Å². The Morgan fingerprint density at radius 2 is 1.80 bits per heavy atom. The fourth-order valence-electron chi connectivity index (χ4n) is 2.51. The monoisotopic (exact) mass is 338 g/mol. The number of rotatable bonds is 2. The van der Waals surface area contributed by atoms with E-state index in [-0.39, 0.29) is 24.5 Å². The standard InChI is InChI=1S/C13H19ClN2O2S.ClH/c1-9-6-12(14)4-5-13(9)19(17,18)16-7-10(2)15-11(3)8-16;/h4-6,10-11,15H,7-8H2,1-3H3;1H. The smallest absolute Gasteiger partial charge is 0.243 e. The summed E-state index contributed by atoms with van der Waals surface area (Å²) in [5, 5.41) is 3.88. The van der Waals surface area contributed by atoms with Crippen molar-refractivity contribution >= 4 is 34.0 Å².